The van der Waals surface area contributed by atoms with Crippen molar-refractivity contribution in [2.45, 2.75) is 0 Å². The Bertz CT molecular complexity index is 832. The molecule has 0 saturated heterocycles. The van der Waals surface area contributed by atoms with E-state index in [0.717, 1.165) is 4.47 Å². The van der Waals surface area contributed by atoms with Crippen molar-refractivity contribution in [1.82, 2.24) is 4.98 Å². The van der Waals surface area contributed by atoms with E-state index in [0.29, 0.717) is 22.3 Å². The third-order valence-electron chi connectivity index (χ3n) is 2.94. The van der Waals surface area contributed by atoms with E-state index >= 15 is 0 Å². The molecule has 104 valence electrons. The maximum absolute atomic E-state index is 9.97. The lowest BCUT2D eigenvalue weighted by Crippen LogP contribution is -1.77. The lowest BCUT2D eigenvalue weighted by molar-refractivity contribution is 0.456. The monoisotopic (exact) mass is 343 g/mol. The van der Waals surface area contributed by atoms with Gasteiger partial charge in [0.05, 0.1) is 0 Å². The number of rotatable bonds is 2. The minimum absolute atomic E-state index is 0.00353. The standard InChI is InChI=1S/C15H10BrN3O2/c16-9-5-6-14(17-8-9)18-19-15-11-4-2-1-3-10(11)12(20)7-13(15)21/h1-8,20-21H. The average molecular weight is 344 g/mol. The normalized spacial score (nSPS) is 11.3. The van der Waals surface area contributed by atoms with Gasteiger partial charge in [-0.3, -0.25) is 0 Å². The third kappa shape index (κ3) is 2.71. The van der Waals surface area contributed by atoms with E-state index in [2.05, 4.69) is 31.1 Å². The molecule has 0 unspecified atom stereocenters. The van der Waals surface area contributed by atoms with Gasteiger partial charge in [0.15, 0.2) is 5.82 Å². The van der Waals surface area contributed by atoms with Crippen LogP contribution in [-0.2, 0) is 0 Å². The summed E-state index contributed by atoms with van der Waals surface area (Å²) in [5.74, 6) is 0.297. The SMILES string of the molecule is Oc1cc(O)c2ccccc2c1N=Nc1ccc(Br)cn1. The summed E-state index contributed by atoms with van der Waals surface area (Å²) in [6.07, 6.45) is 1.61. The van der Waals surface area contributed by atoms with Crippen LogP contribution in [0.3, 0.4) is 0 Å². The zero-order valence-corrected chi connectivity index (χ0v) is 12.3. The van der Waals surface area contributed by atoms with Gasteiger partial charge >= 0.3 is 0 Å². The minimum Gasteiger partial charge on any atom is -0.507 e. The van der Waals surface area contributed by atoms with E-state index in [1.807, 2.05) is 0 Å². The van der Waals surface area contributed by atoms with Crippen molar-refractivity contribution >= 4 is 38.2 Å². The number of hydrogen-bond acceptors (Lipinski definition) is 5. The van der Waals surface area contributed by atoms with Crippen LogP contribution in [0, 0.1) is 0 Å². The number of aromatic hydroxyl groups is 2. The maximum atomic E-state index is 9.97. The number of benzene rings is 2. The zero-order valence-electron chi connectivity index (χ0n) is 10.7. The van der Waals surface area contributed by atoms with Crippen LogP contribution in [0.4, 0.5) is 11.5 Å². The highest BCUT2D eigenvalue weighted by molar-refractivity contribution is 9.10. The van der Waals surface area contributed by atoms with Gasteiger partial charge in [0.2, 0.25) is 0 Å². The number of halogens is 1. The van der Waals surface area contributed by atoms with Crippen LogP contribution in [0.1, 0.15) is 0 Å². The number of nitrogens with zero attached hydrogens (tertiary/aromatic N) is 3. The molecular weight excluding hydrogens is 334 g/mol. The van der Waals surface area contributed by atoms with Gasteiger partial charge in [0.25, 0.3) is 0 Å². The lowest BCUT2D eigenvalue weighted by Gasteiger charge is -2.05. The number of fused-ring (bicyclic) bond motifs is 1. The van der Waals surface area contributed by atoms with Crippen LogP contribution in [0.25, 0.3) is 10.8 Å². The van der Waals surface area contributed by atoms with E-state index in [9.17, 15) is 10.2 Å². The molecule has 1 aromatic heterocycles. The summed E-state index contributed by atoms with van der Waals surface area (Å²) in [6.45, 7) is 0. The highest BCUT2D eigenvalue weighted by Gasteiger charge is 2.10. The zero-order chi connectivity index (χ0) is 14.8. The molecule has 3 aromatic rings. The molecule has 0 amide bonds. The second kappa shape index (κ2) is 5.49. The minimum atomic E-state index is -0.132. The number of pyridine rings is 1. The van der Waals surface area contributed by atoms with E-state index in [4.69, 9.17) is 0 Å². The number of azo groups is 1. The topological polar surface area (TPSA) is 78.1 Å². The molecule has 0 saturated carbocycles. The van der Waals surface area contributed by atoms with Crippen LogP contribution in [0.5, 0.6) is 11.5 Å². The van der Waals surface area contributed by atoms with Gasteiger partial charge in [0, 0.05) is 27.5 Å². The van der Waals surface area contributed by atoms with Crippen molar-refractivity contribution in [3.63, 3.8) is 0 Å². The predicted octanol–water partition coefficient (Wildman–Crippen LogP) is 4.82. The summed E-state index contributed by atoms with van der Waals surface area (Å²) in [5, 5.41) is 29.1. The summed E-state index contributed by atoms with van der Waals surface area (Å²) in [7, 11) is 0. The third-order valence-corrected chi connectivity index (χ3v) is 3.41. The van der Waals surface area contributed by atoms with Gasteiger partial charge in [-0.15, -0.1) is 10.2 Å². The number of hydrogen-bond donors (Lipinski definition) is 2. The Morgan fingerprint density at radius 2 is 1.67 bits per heavy atom. The number of phenols is 2. The Kier molecular flexibility index (Phi) is 3.53. The molecule has 2 N–H and O–H groups in total. The second-order valence-electron chi connectivity index (χ2n) is 4.34. The molecular formula is C15H10BrN3O2. The van der Waals surface area contributed by atoms with Crippen LogP contribution in [-0.4, -0.2) is 15.2 Å². The molecule has 0 spiro atoms. The highest BCUT2D eigenvalue weighted by Crippen LogP contribution is 2.40. The molecule has 1 heterocycles. The van der Waals surface area contributed by atoms with Crippen molar-refractivity contribution in [2.24, 2.45) is 10.2 Å². The van der Waals surface area contributed by atoms with E-state index in [-0.39, 0.29) is 11.5 Å². The fraction of sp³-hybridized carbons (Fsp3) is 0. The molecule has 0 bridgehead atoms. The molecule has 0 aliphatic rings. The molecule has 0 fully saturated rings. The second-order valence-corrected chi connectivity index (χ2v) is 5.26. The Hall–Kier alpha value is -2.47. The maximum Gasteiger partial charge on any atom is 0.174 e. The molecule has 0 aliphatic heterocycles. The average Bonchev–Trinajstić information content (AvgIpc) is 2.49. The largest absolute Gasteiger partial charge is 0.507 e. The summed E-state index contributed by atoms with van der Waals surface area (Å²) in [5.41, 5.74) is 0.299. The quantitative estimate of drug-likeness (QED) is 0.654. The van der Waals surface area contributed by atoms with E-state index in [1.165, 1.54) is 6.07 Å². The van der Waals surface area contributed by atoms with Crippen LogP contribution in [0.15, 0.2) is 63.4 Å². The van der Waals surface area contributed by atoms with Gasteiger partial charge in [0.1, 0.15) is 17.2 Å². The predicted molar refractivity (Wildman–Crippen MR) is 83.4 cm³/mol. The van der Waals surface area contributed by atoms with Crippen molar-refractivity contribution in [3.05, 3.63) is 53.1 Å². The van der Waals surface area contributed by atoms with Crippen LogP contribution < -0.4 is 0 Å². The highest BCUT2D eigenvalue weighted by atomic mass is 79.9. The fourth-order valence-corrected chi connectivity index (χ4v) is 2.19. The lowest BCUT2D eigenvalue weighted by atomic mass is 10.1. The molecule has 2 aromatic carbocycles. The van der Waals surface area contributed by atoms with Gasteiger partial charge in [-0.1, -0.05) is 24.3 Å². The summed E-state index contributed by atoms with van der Waals surface area (Å²) in [6, 6.07) is 11.9. The van der Waals surface area contributed by atoms with E-state index in [1.54, 1.807) is 42.6 Å². The van der Waals surface area contributed by atoms with Gasteiger partial charge < -0.3 is 10.2 Å². The summed E-state index contributed by atoms with van der Waals surface area (Å²) < 4.78 is 0.847. The molecule has 6 heteroatoms. The Morgan fingerprint density at radius 3 is 2.38 bits per heavy atom. The number of phenolic OH excluding ortho intramolecular Hbond substituents is 2. The molecule has 21 heavy (non-hydrogen) atoms. The Balaban J connectivity index is 2.10. The first-order valence-corrected chi connectivity index (χ1v) is 6.91. The Labute approximate surface area is 128 Å². The number of aromatic nitrogens is 1. The summed E-state index contributed by atoms with van der Waals surface area (Å²) >= 11 is 3.29. The van der Waals surface area contributed by atoms with Crippen molar-refractivity contribution in [1.29, 1.82) is 0 Å². The molecule has 0 aliphatic carbocycles. The van der Waals surface area contributed by atoms with Crippen molar-refractivity contribution in [2.75, 3.05) is 0 Å². The molecule has 0 radical (unpaired) electrons. The molecule has 5 nitrogen and oxygen atoms in total. The fourth-order valence-electron chi connectivity index (χ4n) is 1.96. The smallest absolute Gasteiger partial charge is 0.174 e. The van der Waals surface area contributed by atoms with Gasteiger partial charge in [-0.25, -0.2) is 4.98 Å². The summed E-state index contributed by atoms with van der Waals surface area (Å²) in [4.78, 5) is 4.08. The first kappa shape index (κ1) is 13.5. The molecule has 0 atom stereocenters. The van der Waals surface area contributed by atoms with Crippen molar-refractivity contribution in [3.8, 4) is 11.5 Å². The van der Waals surface area contributed by atoms with Crippen molar-refractivity contribution < 1.29 is 10.2 Å². The first-order chi connectivity index (χ1) is 10.1. The van der Waals surface area contributed by atoms with Gasteiger partial charge in [-0.2, -0.15) is 0 Å². The van der Waals surface area contributed by atoms with Gasteiger partial charge in [-0.05, 0) is 28.1 Å². The molecule has 3 rings (SSSR count). The van der Waals surface area contributed by atoms with Crippen LogP contribution >= 0.6 is 15.9 Å². The first-order valence-electron chi connectivity index (χ1n) is 6.12. The van der Waals surface area contributed by atoms with Crippen LogP contribution in [0.2, 0.25) is 0 Å². The van der Waals surface area contributed by atoms with E-state index < -0.39 is 0 Å². The Morgan fingerprint density at radius 1 is 0.905 bits per heavy atom.